The lowest BCUT2D eigenvalue weighted by molar-refractivity contribution is -0.138. The Bertz CT molecular complexity index is 153. The molecule has 0 fully saturated rings. The monoisotopic (exact) mass is 203 g/mol. The standard InChI is InChI=1S/C10H21NO3/c1-4-5-11(6-7-12)10(13)8-14-9(2)3/h9,12H,4-8H2,1-3H3. The highest BCUT2D eigenvalue weighted by atomic mass is 16.5. The number of rotatable bonds is 7. The molecule has 0 aromatic rings. The van der Waals surface area contributed by atoms with E-state index in [1.807, 2.05) is 20.8 Å². The van der Waals surface area contributed by atoms with Crippen LogP contribution in [0.25, 0.3) is 0 Å². The average Bonchev–Trinajstić information content (AvgIpc) is 2.14. The Kier molecular flexibility index (Phi) is 7.42. The normalized spacial score (nSPS) is 10.6. The van der Waals surface area contributed by atoms with Gasteiger partial charge >= 0.3 is 0 Å². The second-order valence-electron chi connectivity index (χ2n) is 3.46. The van der Waals surface area contributed by atoms with Crippen LogP contribution in [0.15, 0.2) is 0 Å². The molecule has 0 heterocycles. The topological polar surface area (TPSA) is 49.8 Å². The van der Waals surface area contributed by atoms with Crippen molar-refractivity contribution in [3.8, 4) is 0 Å². The molecule has 4 heteroatoms. The Hall–Kier alpha value is -0.610. The SMILES string of the molecule is CCCN(CCO)C(=O)COC(C)C. The summed E-state index contributed by atoms with van der Waals surface area (Å²) in [6, 6.07) is 0. The van der Waals surface area contributed by atoms with Gasteiger partial charge in [-0.3, -0.25) is 4.79 Å². The third-order valence-corrected chi connectivity index (χ3v) is 1.76. The minimum atomic E-state index is -0.0467. The molecule has 0 aliphatic carbocycles. The van der Waals surface area contributed by atoms with Crippen LogP contribution in [0.1, 0.15) is 27.2 Å². The van der Waals surface area contributed by atoms with Crippen LogP contribution >= 0.6 is 0 Å². The maximum atomic E-state index is 11.5. The number of aliphatic hydroxyl groups excluding tert-OH is 1. The summed E-state index contributed by atoms with van der Waals surface area (Å²) >= 11 is 0. The fourth-order valence-corrected chi connectivity index (χ4v) is 1.08. The number of hydrogen-bond donors (Lipinski definition) is 1. The Morgan fingerprint density at radius 1 is 1.43 bits per heavy atom. The summed E-state index contributed by atoms with van der Waals surface area (Å²) in [5, 5.41) is 8.75. The zero-order valence-corrected chi connectivity index (χ0v) is 9.32. The van der Waals surface area contributed by atoms with E-state index in [-0.39, 0.29) is 25.2 Å². The first-order valence-corrected chi connectivity index (χ1v) is 5.12. The molecule has 0 aliphatic rings. The molecule has 0 atom stereocenters. The first kappa shape index (κ1) is 13.4. The Morgan fingerprint density at radius 3 is 2.50 bits per heavy atom. The van der Waals surface area contributed by atoms with Crippen molar-refractivity contribution in [3.05, 3.63) is 0 Å². The molecule has 0 saturated carbocycles. The van der Waals surface area contributed by atoms with Gasteiger partial charge in [0.2, 0.25) is 5.91 Å². The van der Waals surface area contributed by atoms with Gasteiger partial charge in [-0.2, -0.15) is 0 Å². The number of hydrogen-bond acceptors (Lipinski definition) is 3. The number of aliphatic hydroxyl groups is 1. The summed E-state index contributed by atoms with van der Waals surface area (Å²) in [6.07, 6.45) is 0.963. The fraction of sp³-hybridized carbons (Fsp3) is 0.900. The molecule has 0 saturated heterocycles. The number of nitrogens with zero attached hydrogens (tertiary/aromatic N) is 1. The second kappa shape index (κ2) is 7.76. The highest BCUT2D eigenvalue weighted by Crippen LogP contribution is 1.95. The first-order valence-electron chi connectivity index (χ1n) is 5.12. The molecule has 14 heavy (non-hydrogen) atoms. The third-order valence-electron chi connectivity index (χ3n) is 1.76. The molecule has 0 spiro atoms. The molecule has 0 unspecified atom stereocenters. The van der Waals surface area contributed by atoms with Crippen LogP contribution in [0, 0.1) is 0 Å². The van der Waals surface area contributed by atoms with Crippen molar-refractivity contribution < 1.29 is 14.6 Å². The van der Waals surface area contributed by atoms with E-state index in [0.29, 0.717) is 13.1 Å². The van der Waals surface area contributed by atoms with Crippen LogP contribution in [-0.4, -0.2) is 48.3 Å². The minimum absolute atomic E-state index is 0.00736. The van der Waals surface area contributed by atoms with Gasteiger partial charge in [-0.05, 0) is 20.3 Å². The van der Waals surface area contributed by atoms with E-state index in [9.17, 15) is 4.79 Å². The van der Waals surface area contributed by atoms with Gasteiger partial charge in [-0.25, -0.2) is 0 Å². The molecule has 4 nitrogen and oxygen atoms in total. The number of carbonyl (C=O) groups excluding carboxylic acids is 1. The summed E-state index contributed by atoms with van der Waals surface area (Å²) < 4.78 is 5.20. The van der Waals surface area contributed by atoms with E-state index in [0.717, 1.165) is 6.42 Å². The van der Waals surface area contributed by atoms with Gasteiger partial charge in [-0.15, -0.1) is 0 Å². The maximum Gasteiger partial charge on any atom is 0.248 e. The largest absolute Gasteiger partial charge is 0.395 e. The summed E-state index contributed by atoms with van der Waals surface area (Å²) in [6.45, 7) is 6.98. The average molecular weight is 203 g/mol. The van der Waals surface area contributed by atoms with E-state index < -0.39 is 0 Å². The summed E-state index contributed by atoms with van der Waals surface area (Å²) in [5.41, 5.74) is 0. The minimum Gasteiger partial charge on any atom is -0.395 e. The summed E-state index contributed by atoms with van der Waals surface area (Å²) in [5.74, 6) is -0.0467. The molecule has 0 rings (SSSR count). The Labute approximate surface area is 85.9 Å². The molecular formula is C10H21NO3. The van der Waals surface area contributed by atoms with Gasteiger partial charge in [0.25, 0.3) is 0 Å². The van der Waals surface area contributed by atoms with Crippen molar-refractivity contribution in [2.24, 2.45) is 0 Å². The van der Waals surface area contributed by atoms with Gasteiger partial charge in [-0.1, -0.05) is 6.92 Å². The molecule has 1 N–H and O–H groups in total. The highest BCUT2D eigenvalue weighted by molar-refractivity contribution is 5.77. The quantitative estimate of drug-likeness (QED) is 0.660. The van der Waals surface area contributed by atoms with Crippen molar-refractivity contribution in [1.82, 2.24) is 4.90 Å². The van der Waals surface area contributed by atoms with Crippen molar-refractivity contribution >= 4 is 5.91 Å². The maximum absolute atomic E-state index is 11.5. The number of amides is 1. The molecule has 0 aromatic carbocycles. The van der Waals surface area contributed by atoms with Crippen molar-refractivity contribution in [2.75, 3.05) is 26.3 Å². The highest BCUT2D eigenvalue weighted by Gasteiger charge is 2.12. The van der Waals surface area contributed by atoms with Gasteiger partial charge < -0.3 is 14.7 Å². The predicted octanol–water partition coefficient (Wildman–Crippen LogP) is 0.642. The van der Waals surface area contributed by atoms with Gasteiger partial charge in [0, 0.05) is 13.1 Å². The predicted molar refractivity (Wildman–Crippen MR) is 55.0 cm³/mol. The molecule has 1 amide bonds. The van der Waals surface area contributed by atoms with Crippen molar-refractivity contribution in [1.29, 1.82) is 0 Å². The first-order chi connectivity index (χ1) is 6.61. The smallest absolute Gasteiger partial charge is 0.248 e. The molecule has 0 radical (unpaired) electrons. The van der Waals surface area contributed by atoms with Crippen molar-refractivity contribution in [2.45, 2.75) is 33.3 Å². The van der Waals surface area contributed by atoms with Crippen LogP contribution in [-0.2, 0) is 9.53 Å². The lowest BCUT2D eigenvalue weighted by Crippen LogP contribution is -2.37. The van der Waals surface area contributed by atoms with Crippen LogP contribution < -0.4 is 0 Å². The molecule has 0 aromatic heterocycles. The van der Waals surface area contributed by atoms with E-state index >= 15 is 0 Å². The zero-order chi connectivity index (χ0) is 11.0. The summed E-state index contributed by atoms with van der Waals surface area (Å²) in [4.78, 5) is 13.1. The van der Waals surface area contributed by atoms with Crippen LogP contribution in [0.4, 0.5) is 0 Å². The molecular weight excluding hydrogens is 182 g/mol. The lowest BCUT2D eigenvalue weighted by Gasteiger charge is -2.21. The summed E-state index contributed by atoms with van der Waals surface area (Å²) in [7, 11) is 0. The number of ether oxygens (including phenoxy) is 1. The molecule has 0 bridgehead atoms. The van der Waals surface area contributed by atoms with Gasteiger partial charge in [0.05, 0.1) is 12.7 Å². The number of carbonyl (C=O) groups is 1. The Balaban J connectivity index is 3.88. The van der Waals surface area contributed by atoms with Crippen LogP contribution in [0.2, 0.25) is 0 Å². The van der Waals surface area contributed by atoms with E-state index in [4.69, 9.17) is 9.84 Å². The van der Waals surface area contributed by atoms with Crippen molar-refractivity contribution in [3.63, 3.8) is 0 Å². The third kappa shape index (κ3) is 5.94. The molecule has 0 aliphatic heterocycles. The van der Waals surface area contributed by atoms with Crippen LogP contribution in [0.3, 0.4) is 0 Å². The van der Waals surface area contributed by atoms with E-state index in [1.54, 1.807) is 4.90 Å². The molecule has 84 valence electrons. The lowest BCUT2D eigenvalue weighted by atomic mass is 10.4. The van der Waals surface area contributed by atoms with Crippen LogP contribution in [0.5, 0.6) is 0 Å². The fourth-order valence-electron chi connectivity index (χ4n) is 1.08. The Morgan fingerprint density at radius 2 is 2.07 bits per heavy atom. The van der Waals surface area contributed by atoms with E-state index in [1.165, 1.54) is 0 Å². The zero-order valence-electron chi connectivity index (χ0n) is 9.32. The van der Waals surface area contributed by atoms with E-state index in [2.05, 4.69) is 0 Å². The van der Waals surface area contributed by atoms with Gasteiger partial charge in [0.15, 0.2) is 0 Å². The van der Waals surface area contributed by atoms with Gasteiger partial charge in [0.1, 0.15) is 6.61 Å². The second-order valence-corrected chi connectivity index (χ2v) is 3.46.